The molecule has 128 valence electrons. The molecular formula is C13H19N3O6S. The van der Waals surface area contributed by atoms with Gasteiger partial charge in [0.2, 0.25) is 0 Å². The van der Waals surface area contributed by atoms with Crippen LogP contribution < -0.4 is 4.72 Å². The number of likely N-dealkylation sites (tertiary alicyclic amines) is 1. The van der Waals surface area contributed by atoms with E-state index in [0.29, 0.717) is 5.70 Å². The van der Waals surface area contributed by atoms with E-state index in [2.05, 4.69) is 0 Å². The average molecular weight is 345 g/mol. The third-order valence-corrected chi connectivity index (χ3v) is 5.57. The Bertz CT molecular complexity index is 632. The minimum Gasteiger partial charge on any atom is -0.455 e. The molecule has 23 heavy (non-hydrogen) atoms. The van der Waals surface area contributed by atoms with Gasteiger partial charge in [-0.15, -0.1) is 0 Å². The molecule has 0 aromatic rings. The van der Waals surface area contributed by atoms with Gasteiger partial charge in [-0.05, 0) is 12.8 Å². The van der Waals surface area contributed by atoms with E-state index in [0.717, 1.165) is 30.2 Å². The van der Waals surface area contributed by atoms with Crippen molar-refractivity contribution >= 4 is 22.1 Å². The molecular weight excluding hydrogens is 326 g/mol. The van der Waals surface area contributed by atoms with Crippen molar-refractivity contribution in [3.05, 3.63) is 11.3 Å². The van der Waals surface area contributed by atoms with Crippen molar-refractivity contribution in [2.75, 3.05) is 46.0 Å². The molecule has 0 radical (unpaired) electrons. The van der Waals surface area contributed by atoms with E-state index in [-0.39, 0.29) is 38.5 Å². The van der Waals surface area contributed by atoms with Gasteiger partial charge in [0.25, 0.3) is 5.91 Å². The molecule has 10 heteroatoms. The van der Waals surface area contributed by atoms with Gasteiger partial charge in [0.1, 0.15) is 12.2 Å². The number of amides is 1. The highest BCUT2D eigenvalue weighted by Gasteiger charge is 2.37. The summed E-state index contributed by atoms with van der Waals surface area (Å²) in [6.45, 7) is 2.38. The Balaban J connectivity index is 1.77. The molecule has 0 aromatic carbocycles. The Morgan fingerprint density at radius 3 is 2.39 bits per heavy atom. The molecule has 2 saturated heterocycles. The van der Waals surface area contributed by atoms with Crippen molar-refractivity contribution in [2.45, 2.75) is 12.8 Å². The molecule has 0 aliphatic carbocycles. The van der Waals surface area contributed by atoms with Gasteiger partial charge in [0.15, 0.2) is 0 Å². The van der Waals surface area contributed by atoms with E-state index in [4.69, 9.17) is 9.47 Å². The summed E-state index contributed by atoms with van der Waals surface area (Å²) in [4.78, 5) is 26.1. The molecule has 3 aliphatic heterocycles. The Labute approximate surface area is 134 Å². The molecule has 0 atom stereocenters. The first-order valence-electron chi connectivity index (χ1n) is 7.54. The van der Waals surface area contributed by atoms with Crippen LogP contribution in [-0.4, -0.2) is 75.5 Å². The predicted molar refractivity (Wildman–Crippen MR) is 78.2 cm³/mol. The lowest BCUT2D eigenvalue weighted by atomic mass is 10.2. The number of nitrogens with zero attached hydrogens (tertiary/aromatic N) is 2. The van der Waals surface area contributed by atoms with Gasteiger partial charge in [-0.3, -0.25) is 4.79 Å². The van der Waals surface area contributed by atoms with Gasteiger partial charge in [-0.2, -0.15) is 12.7 Å². The fourth-order valence-corrected chi connectivity index (χ4v) is 3.97. The number of morpholine rings is 1. The Morgan fingerprint density at radius 2 is 1.74 bits per heavy atom. The third kappa shape index (κ3) is 3.33. The number of cyclic esters (lactones) is 1. The molecule has 0 aromatic heterocycles. The van der Waals surface area contributed by atoms with E-state index < -0.39 is 22.1 Å². The second-order valence-corrected chi connectivity index (χ2v) is 7.21. The molecule has 3 rings (SSSR count). The van der Waals surface area contributed by atoms with Crippen LogP contribution in [0.15, 0.2) is 11.3 Å². The molecule has 3 heterocycles. The molecule has 3 aliphatic rings. The predicted octanol–water partition coefficient (Wildman–Crippen LogP) is -1.41. The van der Waals surface area contributed by atoms with Crippen LogP contribution in [-0.2, 0) is 29.3 Å². The van der Waals surface area contributed by atoms with Crippen LogP contribution in [0, 0.1) is 0 Å². The molecule has 9 nitrogen and oxygen atoms in total. The summed E-state index contributed by atoms with van der Waals surface area (Å²) in [5.41, 5.74) is 0.269. The van der Waals surface area contributed by atoms with E-state index in [9.17, 15) is 18.0 Å². The van der Waals surface area contributed by atoms with Crippen molar-refractivity contribution in [3.8, 4) is 0 Å². The van der Waals surface area contributed by atoms with Gasteiger partial charge < -0.3 is 14.4 Å². The lowest BCUT2D eigenvalue weighted by Gasteiger charge is -2.26. The fraction of sp³-hybridized carbons (Fsp3) is 0.692. The van der Waals surface area contributed by atoms with Crippen LogP contribution in [0.4, 0.5) is 0 Å². The van der Waals surface area contributed by atoms with Crippen LogP contribution in [0.2, 0.25) is 0 Å². The largest absolute Gasteiger partial charge is 0.455 e. The normalized spacial score (nSPS) is 23.3. The summed E-state index contributed by atoms with van der Waals surface area (Å²) >= 11 is 0. The zero-order valence-corrected chi connectivity index (χ0v) is 13.4. The molecule has 2 fully saturated rings. The Hall–Kier alpha value is -1.65. The molecule has 0 unspecified atom stereocenters. The van der Waals surface area contributed by atoms with Crippen LogP contribution in [0.25, 0.3) is 0 Å². The number of hydrogen-bond donors (Lipinski definition) is 1. The molecule has 0 saturated carbocycles. The molecule has 1 N–H and O–H groups in total. The van der Waals surface area contributed by atoms with E-state index in [1.54, 1.807) is 0 Å². The van der Waals surface area contributed by atoms with Gasteiger partial charge in [0, 0.05) is 26.2 Å². The summed E-state index contributed by atoms with van der Waals surface area (Å²) in [6.07, 6.45) is 1.94. The second-order valence-electron chi connectivity index (χ2n) is 5.54. The summed E-state index contributed by atoms with van der Waals surface area (Å²) in [5.74, 6) is -1.71. The number of nitrogens with one attached hydrogen (secondary N) is 1. The standard InChI is InChI=1S/C13H19N3O6S/c17-12(14-23(19,20)16-5-7-21-8-6-16)11-10(9-22-13(11)18)15-3-1-2-4-15/h1-9H2,(H,14,17). The first-order valence-corrected chi connectivity index (χ1v) is 8.98. The summed E-state index contributed by atoms with van der Waals surface area (Å²) in [5, 5.41) is 0. The van der Waals surface area contributed by atoms with Gasteiger partial charge in [-0.1, -0.05) is 0 Å². The van der Waals surface area contributed by atoms with E-state index in [1.165, 1.54) is 0 Å². The summed E-state index contributed by atoms with van der Waals surface area (Å²) in [7, 11) is -4.00. The lowest BCUT2D eigenvalue weighted by Crippen LogP contribution is -2.49. The van der Waals surface area contributed by atoms with Crippen molar-refractivity contribution in [1.29, 1.82) is 0 Å². The highest BCUT2D eigenvalue weighted by atomic mass is 32.2. The Kier molecular flexibility index (Phi) is 4.55. The summed E-state index contributed by atoms with van der Waals surface area (Å²) in [6, 6.07) is 0. The second kappa shape index (κ2) is 6.46. The number of hydrogen-bond acceptors (Lipinski definition) is 7. The van der Waals surface area contributed by atoms with Crippen molar-refractivity contribution < 1.29 is 27.5 Å². The number of carbonyl (C=O) groups is 2. The number of ether oxygens (including phenoxy) is 2. The highest BCUT2D eigenvalue weighted by Crippen LogP contribution is 2.24. The maximum Gasteiger partial charge on any atom is 0.346 e. The SMILES string of the molecule is O=C(NS(=O)(=O)N1CCOCC1)C1=C(N2CCCC2)COC1=O. The minimum atomic E-state index is -4.00. The maximum atomic E-state index is 12.3. The summed E-state index contributed by atoms with van der Waals surface area (Å²) < 4.78 is 37.6. The minimum absolute atomic E-state index is 0.0131. The zero-order valence-electron chi connectivity index (χ0n) is 12.6. The van der Waals surface area contributed by atoms with Crippen molar-refractivity contribution in [2.24, 2.45) is 0 Å². The van der Waals surface area contributed by atoms with E-state index in [1.807, 2.05) is 9.62 Å². The van der Waals surface area contributed by atoms with Gasteiger partial charge >= 0.3 is 16.2 Å². The quantitative estimate of drug-likeness (QED) is 0.493. The van der Waals surface area contributed by atoms with Crippen LogP contribution in [0.3, 0.4) is 0 Å². The third-order valence-electron chi connectivity index (χ3n) is 4.08. The monoisotopic (exact) mass is 345 g/mol. The first kappa shape index (κ1) is 16.2. The number of rotatable bonds is 4. The van der Waals surface area contributed by atoms with Crippen molar-refractivity contribution in [3.63, 3.8) is 0 Å². The smallest absolute Gasteiger partial charge is 0.346 e. The van der Waals surface area contributed by atoms with Crippen LogP contribution >= 0.6 is 0 Å². The fourth-order valence-electron chi connectivity index (χ4n) is 2.88. The van der Waals surface area contributed by atoms with Crippen LogP contribution in [0.1, 0.15) is 12.8 Å². The highest BCUT2D eigenvalue weighted by molar-refractivity contribution is 7.87. The Morgan fingerprint density at radius 1 is 1.09 bits per heavy atom. The van der Waals surface area contributed by atoms with Crippen molar-refractivity contribution in [1.82, 2.24) is 13.9 Å². The van der Waals surface area contributed by atoms with E-state index >= 15 is 0 Å². The maximum absolute atomic E-state index is 12.3. The van der Waals surface area contributed by atoms with Gasteiger partial charge in [-0.25, -0.2) is 9.52 Å². The van der Waals surface area contributed by atoms with Crippen LogP contribution in [0.5, 0.6) is 0 Å². The number of esters is 1. The topological polar surface area (TPSA) is 105 Å². The average Bonchev–Trinajstić information content (AvgIpc) is 3.16. The zero-order chi connectivity index (χ0) is 16.4. The lowest BCUT2D eigenvalue weighted by molar-refractivity contribution is -0.137. The first-order chi connectivity index (χ1) is 11.0. The molecule has 0 bridgehead atoms. The molecule has 0 spiro atoms. The number of carbonyl (C=O) groups excluding carboxylic acids is 2. The van der Waals surface area contributed by atoms with Gasteiger partial charge in [0.05, 0.1) is 18.9 Å². The molecule has 1 amide bonds.